The van der Waals surface area contributed by atoms with Crippen molar-refractivity contribution < 1.29 is 4.52 Å². The molecule has 1 aliphatic carbocycles. The van der Waals surface area contributed by atoms with Crippen LogP contribution in [-0.2, 0) is 0 Å². The summed E-state index contributed by atoms with van der Waals surface area (Å²) in [5, 5.41) is 4.00. The van der Waals surface area contributed by atoms with Crippen LogP contribution in [0.15, 0.2) is 16.8 Å². The predicted octanol–water partition coefficient (Wildman–Crippen LogP) is 4.07. The van der Waals surface area contributed by atoms with Crippen molar-refractivity contribution in [2.75, 3.05) is 7.05 Å². The molecule has 3 fully saturated rings. The van der Waals surface area contributed by atoms with Crippen LogP contribution in [0.3, 0.4) is 0 Å². The van der Waals surface area contributed by atoms with E-state index in [1.54, 1.807) is 0 Å². The van der Waals surface area contributed by atoms with Crippen molar-refractivity contribution in [3.05, 3.63) is 18.0 Å². The first-order chi connectivity index (χ1) is 10.2. The Bertz CT molecular complexity index is 464. The Morgan fingerprint density at radius 1 is 1.14 bits per heavy atom. The van der Waals surface area contributed by atoms with Gasteiger partial charge >= 0.3 is 0 Å². The molecule has 4 rings (SSSR count). The predicted molar refractivity (Wildman–Crippen MR) is 83.0 cm³/mol. The highest BCUT2D eigenvalue weighted by Crippen LogP contribution is 2.52. The van der Waals surface area contributed by atoms with E-state index in [4.69, 9.17) is 4.52 Å². The molecule has 3 aliphatic rings. The Balaban J connectivity index is 1.61. The molecule has 2 saturated heterocycles. The lowest BCUT2D eigenvalue weighted by molar-refractivity contribution is 0.0470. The van der Waals surface area contributed by atoms with E-state index in [9.17, 15) is 0 Å². The second kappa shape index (κ2) is 5.42. The Morgan fingerprint density at radius 3 is 2.67 bits per heavy atom. The maximum atomic E-state index is 5.64. The summed E-state index contributed by atoms with van der Waals surface area (Å²) in [4.78, 5) is 2.63. The topological polar surface area (TPSA) is 29.3 Å². The van der Waals surface area contributed by atoms with Crippen molar-refractivity contribution in [3.63, 3.8) is 0 Å². The fourth-order valence-electron chi connectivity index (χ4n) is 5.50. The van der Waals surface area contributed by atoms with E-state index in [-0.39, 0.29) is 0 Å². The second-order valence-corrected chi connectivity index (χ2v) is 7.82. The average Bonchev–Trinajstić information content (AvgIpc) is 3.08. The molecule has 3 heteroatoms. The zero-order valence-corrected chi connectivity index (χ0v) is 13.4. The number of piperidine rings is 1. The van der Waals surface area contributed by atoms with Crippen LogP contribution in [0.1, 0.15) is 63.5 Å². The van der Waals surface area contributed by atoms with Gasteiger partial charge in [0, 0.05) is 24.1 Å². The number of fused-ring (bicyclic) bond motifs is 2. The molecule has 0 N–H and O–H groups in total. The van der Waals surface area contributed by atoms with Gasteiger partial charge in [-0.15, -0.1) is 0 Å². The molecule has 1 saturated carbocycles. The minimum absolute atomic E-state index is 0.578. The maximum Gasteiger partial charge on any atom is 0.141 e. The van der Waals surface area contributed by atoms with Crippen LogP contribution in [0.4, 0.5) is 0 Å². The van der Waals surface area contributed by atoms with E-state index in [2.05, 4.69) is 30.1 Å². The van der Waals surface area contributed by atoms with Gasteiger partial charge < -0.3 is 4.52 Å². The van der Waals surface area contributed by atoms with Gasteiger partial charge in [-0.05, 0) is 56.9 Å². The zero-order valence-electron chi connectivity index (χ0n) is 13.4. The molecule has 21 heavy (non-hydrogen) atoms. The number of likely N-dealkylation sites (N-methyl/N-ethyl adjacent to an activating group) is 1. The Kier molecular flexibility index (Phi) is 3.56. The molecule has 2 bridgehead atoms. The van der Waals surface area contributed by atoms with Gasteiger partial charge in [-0.25, -0.2) is 0 Å². The van der Waals surface area contributed by atoms with Crippen LogP contribution in [0.5, 0.6) is 0 Å². The van der Waals surface area contributed by atoms with E-state index in [0.29, 0.717) is 12.0 Å². The minimum atomic E-state index is 0.578. The molecule has 3 nitrogen and oxygen atoms in total. The van der Waals surface area contributed by atoms with Crippen LogP contribution in [0.2, 0.25) is 0 Å². The van der Waals surface area contributed by atoms with E-state index in [0.717, 1.165) is 29.6 Å². The third-order valence-corrected chi connectivity index (χ3v) is 6.77. The first-order valence-corrected chi connectivity index (χ1v) is 8.86. The summed E-state index contributed by atoms with van der Waals surface area (Å²) in [7, 11) is 2.32. The van der Waals surface area contributed by atoms with Gasteiger partial charge in [0.05, 0.1) is 6.20 Å². The van der Waals surface area contributed by atoms with Crippen LogP contribution >= 0.6 is 0 Å². The van der Waals surface area contributed by atoms with Gasteiger partial charge in [-0.2, -0.15) is 0 Å². The summed E-state index contributed by atoms with van der Waals surface area (Å²) in [6.07, 6.45) is 11.6. The van der Waals surface area contributed by atoms with Gasteiger partial charge in [0.25, 0.3) is 0 Å². The van der Waals surface area contributed by atoms with Crippen LogP contribution in [0, 0.1) is 17.8 Å². The molecule has 1 aromatic rings. The molecule has 1 aromatic heterocycles. The van der Waals surface area contributed by atoms with Crippen molar-refractivity contribution in [3.8, 4) is 0 Å². The molecular formula is C18H28N2O. The molecule has 0 spiro atoms. The molecule has 0 aromatic carbocycles. The van der Waals surface area contributed by atoms with Crippen molar-refractivity contribution in [1.82, 2.24) is 10.1 Å². The van der Waals surface area contributed by atoms with Gasteiger partial charge in [0.2, 0.25) is 0 Å². The largest absolute Gasteiger partial charge is 0.361 e. The monoisotopic (exact) mass is 288 g/mol. The summed E-state index contributed by atoms with van der Waals surface area (Å²) < 4.78 is 5.64. The third kappa shape index (κ3) is 2.34. The summed E-state index contributed by atoms with van der Waals surface area (Å²) >= 11 is 0. The van der Waals surface area contributed by atoms with Gasteiger partial charge in [0.15, 0.2) is 0 Å². The molecule has 2 aliphatic heterocycles. The second-order valence-electron chi connectivity index (χ2n) is 7.82. The minimum Gasteiger partial charge on any atom is -0.361 e. The van der Waals surface area contributed by atoms with Crippen LogP contribution in [-0.4, -0.2) is 29.2 Å². The van der Waals surface area contributed by atoms with Crippen molar-refractivity contribution in [2.24, 2.45) is 17.8 Å². The quantitative estimate of drug-likeness (QED) is 0.821. The van der Waals surface area contributed by atoms with Crippen LogP contribution in [0.25, 0.3) is 0 Å². The zero-order chi connectivity index (χ0) is 14.4. The smallest absolute Gasteiger partial charge is 0.141 e. The molecular weight excluding hydrogens is 260 g/mol. The van der Waals surface area contributed by atoms with E-state index in [1.807, 2.05) is 6.20 Å². The number of hydrogen-bond acceptors (Lipinski definition) is 3. The first kappa shape index (κ1) is 13.8. The SMILES string of the molecule is CC1CCC([C@H]2C[C@H]3CCC([C@H]2c2ccno2)N3C)CC1. The fraction of sp³-hybridized carbons (Fsp3) is 0.833. The molecule has 0 radical (unpaired) electrons. The summed E-state index contributed by atoms with van der Waals surface area (Å²) in [6, 6.07) is 3.62. The maximum absolute atomic E-state index is 5.64. The third-order valence-electron chi connectivity index (χ3n) is 6.77. The van der Waals surface area contributed by atoms with E-state index in [1.165, 1.54) is 44.9 Å². The Morgan fingerprint density at radius 2 is 1.95 bits per heavy atom. The van der Waals surface area contributed by atoms with Crippen molar-refractivity contribution in [2.45, 2.75) is 69.9 Å². The van der Waals surface area contributed by atoms with Gasteiger partial charge in [0.1, 0.15) is 5.76 Å². The molecule has 4 atom stereocenters. The highest BCUT2D eigenvalue weighted by atomic mass is 16.5. The van der Waals surface area contributed by atoms with Crippen LogP contribution < -0.4 is 0 Å². The Hall–Kier alpha value is -0.830. The van der Waals surface area contributed by atoms with E-state index >= 15 is 0 Å². The number of nitrogens with zero attached hydrogens (tertiary/aromatic N) is 2. The number of hydrogen-bond donors (Lipinski definition) is 0. The lowest BCUT2D eigenvalue weighted by atomic mass is 9.66. The number of aromatic nitrogens is 1. The van der Waals surface area contributed by atoms with Crippen molar-refractivity contribution >= 4 is 0 Å². The Labute approximate surface area is 128 Å². The van der Waals surface area contributed by atoms with Crippen molar-refractivity contribution in [1.29, 1.82) is 0 Å². The molecule has 0 amide bonds. The summed E-state index contributed by atoms with van der Waals surface area (Å²) in [6.45, 7) is 2.42. The summed E-state index contributed by atoms with van der Waals surface area (Å²) in [5.74, 6) is 4.39. The molecule has 3 heterocycles. The first-order valence-electron chi connectivity index (χ1n) is 8.86. The summed E-state index contributed by atoms with van der Waals surface area (Å²) in [5.41, 5.74) is 0. The number of rotatable bonds is 2. The van der Waals surface area contributed by atoms with E-state index < -0.39 is 0 Å². The lowest BCUT2D eigenvalue weighted by Gasteiger charge is -2.46. The average molecular weight is 288 g/mol. The molecule has 1 unspecified atom stereocenters. The van der Waals surface area contributed by atoms with Gasteiger partial charge in [-0.3, -0.25) is 4.90 Å². The highest BCUT2D eigenvalue weighted by molar-refractivity contribution is 5.15. The molecule has 116 valence electrons. The van der Waals surface area contributed by atoms with Gasteiger partial charge in [-0.1, -0.05) is 24.9 Å². The standard InChI is InChI=1S/C18H28N2O/c1-12-3-5-13(6-4-12)15-11-14-7-8-16(20(14)2)18(15)17-9-10-19-21-17/h9-10,12-16,18H,3-8,11H2,1-2H3/t12?,13?,14-,15-,16?,18+/m1/s1. The fourth-order valence-corrected chi connectivity index (χ4v) is 5.50. The lowest BCUT2D eigenvalue weighted by Crippen LogP contribution is -2.47. The normalized spacial score (nSPS) is 44.1. The highest BCUT2D eigenvalue weighted by Gasteiger charge is 2.49.